The Morgan fingerprint density at radius 3 is 2.59 bits per heavy atom. The summed E-state index contributed by atoms with van der Waals surface area (Å²) < 4.78 is 10.3. The zero-order valence-corrected chi connectivity index (χ0v) is 10.0. The van der Waals surface area contributed by atoms with Crippen molar-refractivity contribution in [1.82, 2.24) is 5.32 Å². The summed E-state index contributed by atoms with van der Waals surface area (Å²) in [5.74, 6) is 0.552. The van der Waals surface area contributed by atoms with Gasteiger partial charge in [-0.15, -0.1) is 0 Å². The first kappa shape index (κ1) is 13.3. The summed E-state index contributed by atoms with van der Waals surface area (Å²) in [5.41, 5.74) is 1.02. The van der Waals surface area contributed by atoms with Crippen LogP contribution in [-0.4, -0.2) is 31.8 Å². The highest BCUT2D eigenvalue weighted by molar-refractivity contribution is 5.66. The van der Waals surface area contributed by atoms with E-state index in [2.05, 4.69) is 5.32 Å². The molecular formula is C12H17NO4. The third-order valence-corrected chi connectivity index (χ3v) is 2.29. The molecule has 2 N–H and O–H groups in total. The molecule has 17 heavy (non-hydrogen) atoms. The van der Waals surface area contributed by atoms with E-state index in [4.69, 9.17) is 14.6 Å². The first-order valence-corrected chi connectivity index (χ1v) is 5.30. The molecule has 5 nitrogen and oxygen atoms in total. The summed E-state index contributed by atoms with van der Waals surface area (Å²) in [6.07, 6.45) is 0.118. The van der Waals surface area contributed by atoms with Crippen LogP contribution >= 0.6 is 0 Å². The summed E-state index contributed by atoms with van der Waals surface area (Å²) in [7, 11) is 3.17. The summed E-state index contributed by atoms with van der Waals surface area (Å²) in [4.78, 5) is 10.3. The molecule has 0 aliphatic rings. The van der Waals surface area contributed by atoms with Gasteiger partial charge < -0.3 is 19.9 Å². The van der Waals surface area contributed by atoms with Gasteiger partial charge in [0.05, 0.1) is 20.6 Å². The largest absolute Gasteiger partial charge is 0.493 e. The van der Waals surface area contributed by atoms with E-state index >= 15 is 0 Å². The van der Waals surface area contributed by atoms with E-state index in [0.717, 1.165) is 5.56 Å². The Morgan fingerprint density at radius 2 is 2.00 bits per heavy atom. The first-order valence-electron chi connectivity index (χ1n) is 5.30. The molecule has 5 heteroatoms. The Kier molecular flexibility index (Phi) is 5.29. The highest BCUT2D eigenvalue weighted by atomic mass is 16.5. The zero-order chi connectivity index (χ0) is 12.7. The van der Waals surface area contributed by atoms with Crippen molar-refractivity contribution in [3.8, 4) is 11.5 Å². The Morgan fingerprint density at radius 1 is 1.29 bits per heavy atom. The van der Waals surface area contributed by atoms with Crippen LogP contribution in [0, 0.1) is 0 Å². The number of aliphatic carboxylic acids is 1. The number of ether oxygens (including phenoxy) is 2. The van der Waals surface area contributed by atoms with Gasteiger partial charge >= 0.3 is 5.97 Å². The number of carbonyl (C=O) groups is 1. The maximum Gasteiger partial charge on any atom is 0.304 e. The van der Waals surface area contributed by atoms with Crippen LogP contribution in [0.5, 0.6) is 11.5 Å². The molecular weight excluding hydrogens is 222 g/mol. The molecule has 0 aromatic heterocycles. The second-order valence-electron chi connectivity index (χ2n) is 3.51. The van der Waals surface area contributed by atoms with Gasteiger partial charge in [0.25, 0.3) is 0 Å². The van der Waals surface area contributed by atoms with Crippen LogP contribution in [0.2, 0.25) is 0 Å². The quantitative estimate of drug-likeness (QED) is 0.701. The van der Waals surface area contributed by atoms with Gasteiger partial charge in [-0.2, -0.15) is 0 Å². The smallest absolute Gasteiger partial charge is 0.304 e. The van der Waals surface area contributed by atoms with Crippen LogP contribution < -0.4 is 14.8 Å². The van der Waals surface area contributed by atoms with Crippen molar-refractivity contribution in [2.45, 2.75) is 13.0 Å². The van der Waals surface area contributed by atoms with Crippen LogP contribution in [-0.2, 0) is 11.3 Å². The average molecular weight is 239 g/mol. The lowest BCUT2D eigenvalue weighted by Gasteiger charge is -2.09. The number of nitrogens with one attached hydrogen (secondary N) is 1. The molecule has 0 atom stereocenters. The second-order valence-corrected chi connectivity index (χ2v) is 3.51. The normalized spacial score (nSPS) is 10.0. The van der Waals surface area contributed by atoms with E-state index in [-0.39, 0.29) is 6.42 Å². The average Bonchev–Trinajstić information content (AvgIpc) is 2.34. The third-order valence-electron chi connectivity index (χ3n) is 2.29. The standard InChI is InChI=1S/C12H17NO4/c1-16-10-4-3-9(7-11(10)17-2)8-13-6-5-12(14)15/h3-4,7,13H,5-6,8H2,1-2H3,(H,14,15). The van der Waals surface area contributed by atoms with Crippen LogP contribution in [0.15, 0.2) is 18.2 Å². The number of methoxy groups -OCH3 is 2. The Bertz CT molecular complexity index is 379. The monoisotopic (exact) mass is 239 g/mol. The number of hydrogen-bond acceptors (Lipinski definition) is 4. The van der Waals surface area contributed by atoms with Crippen molar-refractivity contribution in [3.05, 3.63) is 23.8 Å². The lowest BCUT2D eigenvalue weighted by atomic mass is 10.2. The molecule has 1 aromatic carbocycles. The summed E-state index contributed by atoms with van der Waals surface area (Å²) >= 11 is 0. The van der Waals surface area contributed by atoms with E-state index in [0.29, 0.717) is 24.6 Å². The minimum Gasteiger partial charge on any atom is -0.493 e. The number of carboxylic acid groups (broad SMARTS) is 1. The fraction of sp³-hybridized carbons (Fsp3) is 0.417. The molecule has 0 aliphatic heterocycles. The lowest BCUT2D eigenvalue weighted by Crippen LogP contribution is -2.17. The predicted octanol–water partition coefficient (Wildman–Crippen LogP) is 1.27. The van der Waals surface area contributed by atoms with E-state index in [9.17, 15) is 4.79 Å². The maximum absolute atomic E-state index is 10.3. The van der Waals surface area contributed by atoms with Crippen LogP contribution in [0.1, 0.15) is 12.0 Å². The minimum atomic E-state index is -0.801. The number of hydrogen-bond donors (Lipinski definition) is 2. The molecule has 0 radical (unpaired) electrons. The first-order chi connectivity index (χ1) is 8.17. The number of rotatable bonds is 7. The van der Waals surface area contributed by atoms with Crippen molar-refractivity contribution in [1.29, 1.82) is 0 Å². The molecule has 0 heterocycles. The molecule has 0 spiro atoms. The van der Waals surface area contributed by atoms with Crippen molar-refractivity contribution in [2.24, 2.45) is 0 Å². The molecule has 0 saturated heterocycles. The summed E-state index contributed by atoms with van der Waals surface area (Å²) in [6, 6.07) is 5.61. The Hall–Kier alpha value is -1.75. The highest BCUT2D eigenvalue weighted by Crippen LogP contribution is 2.27. The lowest BCUT2D eigenvalue weighted by molar-refractivity contribution is -0.136. The SMILES string of the molecule is COc1ccc(CNCCC(=O)O)cc1OC. The molecule has 0 amide bonds. The fourth-order valence-electron chi connectivity index (χ4n) is 1.42. The molecule has 1 aromatic rings. The van der Waals surface area contributed by atoms with E-state index in [1.807, 2.05) is 18.2 Å². The fourth-order valence-corrected chi connectivity index (χ4v) is 1.42. The van der Waals surface area contributed by atoms with Crippen molar-refractivity contribution in [3.63, 3.8) is 0 Å². The van der Waals surface area contributed by atoms with Gasteiger partial charge in [-0.3, -0.25) is 4.79 Å². The van der Waals surface area contributed by atoms with Gasteiger partial charge in [0.15, 0.2) is 11.5 Å². The van der Waals surface area contributed by atoms with Gasteiger partial charge in [0.1, 0.15) is 0 Å². The van der Waals surface area contributed by atoms with Crippen LogP contribution in [0.4, 0.5) is 0 Å². The molecule has 0 unspecified atom stereocenters. The second kappa shape index (κ2) is 6.75. The topological polar surface area (TPSA) is 67.8 Å². The molecule has 1 rings (SSSR count). The van der Waals surface area contributed by atoms with Gasteiger partial charge in [-0.1, -0.05) is 6.07 Å². The molecule has 0 fully saturated rings. The van der Waals surface area contributed by atoms with Crippen molar-refractivity contribution < 1.29 is 19.4 Å². The van der Waals surface area contributed by atoms with E-state index in [1.54, 1.807) is 14.2 Å². The van der Waals surface area contributed by atoms with Crippen LogP contribution in [0.3, 0.4) is 0 Å². The number of benzene rings is 1. The van der Waals surface area contributed by atoms with Crippen LogP contribution in [0.25, 0.3) is 0 Å². The van der Waals surface area contributed by atoms with Crippen molar-refractivity contribution in [2.75, 3.05) is 20.8 Å². The van der Waals surface area contributed by atoms with Gasteiger partial charge in [-0.05, 0) is 17.7 Å². The van der Waals surface area contributed by atoms with Crippen molar-refractivity contribution >= 4 is 5.97 Å². The highest BCUT2D eigenvalue weighted by Gasteiger charge is 2.04. The summed E-state index contributed by atoms with van der Waals surface area (Å²) in [6.45, 7) is 1.05. The van der Waals surface area contributed by atoms with E-state index in [1.165, 1.54) is 0 Å². The molecule has 94 valence electrons. The van der Waals surface area contributed by atoms with Gasteiger partial charge in [-0.25, -0.2) is 0 Å². The maximum atomic E-state index is 10.3. The van der Waals surface area contributed by atoms with Gasteiger partial charge in [0.2, 0.25) is 0 Å². The third kappa shape index (κ3) is 4.32. The number of carboxylic acids is 1. The Balaban J connectivity index is 2.51. The molecule has 0 bridgehead atoms. The zero-order valence-electron chi connectivity index (χ0n) is 10.0. The molecule has 0 saturated carbocycles. The Labute approximate surface area is 100 Å². The van der Waals surface area contributed by atoms with E-state index < -0.39 is 5.97 Å². The van der Waals surface area contributed by atoms with Gasteiger partial charge in [0, 0.05) is 13.1 Å². The summed E-state index contributed by atoms with van der Waals surface area (Å²) in [5, 5.41) is 11.5. The molecule has 0 aliphatic carbocycles. The predicted molar refractivity (Wildman–Crippen MR) is 63.5 cm³/mol. The minimum absolute atomic E-state index is 0.118.